The van der Waals surface area contributed by atoms with E-state index in [9.17, 15) is 4.79 Å². The molecule has 1 aromatic rings. The first-order chi connectivity index (χ1) is 10.0. The zero-order valence-corrected chi connectivity index (χ0v) is 13.3. The second-order valence-corrected chi connectivity index (χ2v) is 6.32. The van der Waals surface area contributed by atoms with Crippen LogP contribution < -0.4 is 10.3 Å². The van der Waals surface area contributed by atoms with E-state index < -0.39 is 0 Å². The monoisotopic (exact) mass is 292 g/mol. The fraction of sp³-hybridized carbons (Fsp3) is 0.750. The van der Waals surface area contributed by atoms with Crippen LogP contribution in [0.25, 0.3) is 0 Å². The van der Waals surface area contributed by atoms with Crippen molar-refractivity contribution in [2.75, 3.05) is 0 Å². The molecule has 2 aliphatic rings. The quantitative estimate of drug-likeness (QED) is 0.856. The van der Waals surface area contributed by atoms with Crippen molar-refractivity contribution in [3.63, 3.8) is 0 Å². The standard InChI is InChI=1S/C16H24N2O3/c1-5-7-8-16(6-2)11(4)12-14(21-16)18-9-10(3)13(19)17-15(18)20-12/h9,11-12,14H,5-8H2,1-4H3/t11-,12-,14+,16-/m0/s1. The normalized spacial score (nSPS) is 33.6. The first-order valence-corrected chi connectivity index (χ1v) is 7.96. The van der Waals surface area contributed by atoms with E-state index >= 15 is 0 Å². The lowest BCUT2D eigenvalue weighted by molar-refractivity contribution is -0.0901. The van der Waals surface area contributed by atoms with E-state index in [0.29, 0.717) is 11.6 Å². The van der Waals surface area contributed by atoms with E-state index in [4.69, 9.17) is 9.47 Å². The fourth-order valence-electron chi connectivity index (χ4n) is 3.62. The van der Waals surface area contributed by atoms with Gasteiger partial charge in [0, 0.05) is 17.7 Å². The molecule has 1 aromatic heterocycles. The molecule has 0 unspecified atom stereocenters. The number of aryl methyl sites for hydroxylation is 1. The Morgan fingerprint density at radius 2 is 2.19 bits per heavy atom. The van der Waals surface area contributed by atoms with Crippen LogP contribution in [0.2, 0.25) is 0 Å². The predicted molar refractivity (Wildman–Crippen MR) is 79.5 cm³/mol. The van der Waals surface area contributed by atoms with Crippen LogP contribution in [0, 0.1) is 12.8 Å². The van der Waals surface area contributed by atoms with Crippen molar-refractivity contribution < 1.29 is 9.47 Å². The number of hydrogen-bond donors (Lipinski definition) is 0. The highest BCUT2D eigenvalue weighted by molar-refractivity contribution is 5.16. The summed E-state index contributed by atoms with van der Waals surface area (Å²) in [6, 6.07) is 0.396. The Morgan fingerprint density at radius 1 is 1.43 bits per heavy atom. The molecule has 5 nitrogen and oxygen atoms in total. The van der Waals surface area contributed by atoms with Gasteiger partial charge < -0.3 is 9.47 Å². The molecular weight excluding hydrogens is 268 g/mol. The van der Waals surface area contributed by atoms with Gasteiger partial charge >= 0.3 is 6.01 Å². The molecule has 21 heavy (non-hydrogen) atoms. The van der Waals surface area contributed by atoms with E-state index in [1.807, 2.05) is 10.8 Å². The molecule has 0 spiro atoms. The van der Waals surface area contributed by atoms with Crippen molar-refractivity contribution in [2.24, 2.45) is 5.92 Å². The number of fused-ring (bicyclic) bond motifs is 3. The molecule has 3 heterocycles. The minimum absolute atomic E-state index is 0.0458. The highest BCUT2D eigenvalue weighted by Gasteiger charge is 2.56. The summed E-state index contributed by atoms with van der Waals surface area (Å²) < 4.78 is 14.3. The van der Waals surface area contributed by atoms with Gasteiger partial charge in [0.2, 0.25) is 0 Å². The average molecular weight is 292 g/mol. The van der Waals surface area contributed by atoms with Crippen LogP contribution in [-0.2, 0) is 4.74 Å². The maximum absolute atomic E-state index is 11.7. The number of aromatic nitrogens is 2. The zero-order chi connectivity index (χ0) is 15.2. The maximum atomic E-state index is 11.7. The molecule has 0 saturated carbocycles. The van der Waals surface area contributed by atoms with Gasteiger partial charge in [0.05, 0.1) is 5.60 Å². The molecule has 5 heteroatoms. The molecule has 1 saturated heterocycles. The van der Waals surface area contributed by atoms with Crippen LogP contribution in [0.5, 0.6) is 6.01 Å². The second-order valence-electron chi connectivity index (χ2n) is 6.32. The Labute approximate surface area is 125 Å². The SMILES string of the molecule is CCCC[C@]1(CC)O[C@@H]2[C@@H](Oc3nc(=O)c(C)cn32)[C@@H]1C. The van der Waals surface area contributed by atoms with Crippen LogP contribution >= 0.6 is 0 Å². The summed E-state index contributed by atoms with van der Waals surface area (Å²) in [6.45, 7) is 8.36. The van der Waals surface area contributed by atoms with Gasteiger partial charge in [-0.15, -0.1) is 0 Å². The summed E-state index contributed by atoms with van der Waals surface area (Å²) in [7, 11) is 0. The number of rotatable bonds is 4. The molecule has 0 radical (unpaired) electrons. The van der Waals surface area contributed by atoms with Crippen LogP contribution in [0.4, 0.5) is 0 Å². The summed E-state index contributed by atoms with van der Waals surface area (Å²) in [5, 5.41) is 0. The average Bonchev–Trinajstić information content (AvgIpc) is 2.93. The largest absolute Gasteiger partial charge is 0.456 e. The molecule has 0 N–H and O–H groups in total. The van der Waals surface area contributed by atoms with Crippen LogP contribution in [0.3, 0.4) is 0 Å². The van der Waals surface area contributed by atoms with Gasteiger partial charge in [-0.05, 0) is 19.8 Å². The summed E-state index contributed by atoms with van der Waals surface area (Å²) in [4.78, 5) is 15.7. The van der Waals surface area contributed by atoms with Crippen molar-refractivity contribution in [3.8, 4) is 6.01 Å². The Bertz CT molecular complexity index is 598. The minimum atomic E-state index is -0.221. The molecule has 116 valence electrons. The Kier molecular flexibility index (Phi) is 3.56. The minimum Gasteiger partial charge on any atom is -0.456 e. The lowest BCUT2D eigenvalue weighted by Gasteiger charge is -2.33. The molecule has 2 aliphatic heterocycles. The van der Waals surface area contributed by atoms with Gasteiger partial charge in [-0.1, -0.05) is 33.6 Å². The third kappa shape index (κ3) is 2.09. The first-order valence-electron chi connectivity index (χ1n) is 7.96. The third-order valence-corrected chi connectivity index (χ3v) is 5.11. The fourth-order valence-corrected chi connectivity index (χ4v) is 3.62. The van der Waals surface area contributed by atoms with Crippen LogP contribution in [-0.4, -0.2) is 21.3 Å². The highest BCUT2D eigenvalue weighted by atomic mass is 16.6. The lowest BCUT2D eigenvalue weighted by atomic mass is 9.81. The summed E-state index contributed by atoms with van der Waals surface area (Å²) in [5.74, 6) is 0.288. The summed E-state index contributed by atoms with van der Waals surface area (Å²) in [6.07, 6.45) is 5.97. The maximum Gasteiger partial charge on any atom is 0.302 e. The molecule has 3 rings (SSSR count). The van der Waals surface area contributed by atoms with Gasteiger partial charge in [0.15, 0.2) is 12.3 Å². The van der Waals surface area contributed by atoms with E-state index in [2.05, 4.69) is 25.8 Å². The van der Waals surface area contributed by atoms with E-state index in [1.54, 1.807) is 6.92 Å². The summed E-state index contributed by atoms with van der Waals surface area (Å²) in [5.41, 5.74) is 0.281. The van der Waals surface area contributed by atoms with Gasteiger partial charge in [0.25, 0.3) is 5.56 Å². The number of hydrogen-bond acceptors (Lipinski definition) is 4. The summed E-state index contributed by atoms with van der Waals surface area (Å²) >= 11 is 0. The molecule has 1 fully saturated rings. The van der Waals surface area contributed by atoms with Gasteiger partial charge in [-0.2, -0.15) is 4.98 Å². The van der Waals surface area contributed by atoms with E-state index in [1.165, 1.54) is 0 Å². The Balaban J connectivity index is 1.94. The zero-order valence-electron chi connectivity index (χ0n) is 13.3. The lowest BCUT2D eigenvalue weighted by Crippen LogP contribution is -2.37. The Hall–Kier alpha value is -1.36. The third-order valence-electron chi connectivity index (χ3n) is 5.11. The van der Waals surface area contributed by atoms with Gasteiger partial charge in [0.1, 0.15) is 0 Å². The molecule has 0 aromatic carbocycles. The molecule has 0 amide bonds. The van der Waals surface area contributed by atoms with Gasteiger partial charge in [-0.3, -0.25) is 9.36 Å². The van der Waals surface area contributed by atoms with Crippen LogP contribution in [0.15, 0.2) is 11.0 Å². The topological polar surface area (TPSA) is 53.4 Å². The van der Waals surface area contributed by atoms with Crippen LogP contribution in [0.1, 0.15) is 58.2 Å². The van der Waals surface area contributed by atoms with Gasteiger partial charge in [-0.25, -0.2) is 0 Å². The van der Waals surface area contributed by atoms with Crippen molar-refractivity contribution in [3.05, 3.63) is 22.1 Å². The highest BCUT2D eigenvalue weighted by Crippen LogP contribution is 2.50. The Morgan fingerprint density at radius 3 is 2.86 bits per heavy atom. The molecule has 0 aliphatic carbocycles. The predicted octanol–water partition coefficient (Wildman–Crippen LogP) is 2.82. The van der Waals surface area contributed by atoms with Crippen molar-refractivity contribution in [2.45, 2.75) is 71.3 Å². The molecular formula is C16H24N2O3. The first kappa shape index (κ1) is 14.6. The molecule has 4 atom stereocenters. The van der Waals surface area contributed by atoms with E-state index in [-0.39, 0.29) is 29.4 Å². The number of nitrogens with zero attached hydrogens (tertiary/aromatic N) is 2. The number of ether oxygens (including phenoxy) is 2. The number of unbranched alkanes of at least 4 members (excludes halogenated alkanes) is 1. The molecule has 0 bridgehead atoms. The van der Waals surface area contributed by atoms with Crippen molar-refractivity contribution in [1.29, 1.82) is 0 Å². The smallest absolute Gasteiger partial charge is 0.302 e. The second kappa shape index (κ2) is 5.13. The van der Waals surface area contributed by atoms with Crippen molar-refractivity contribution in [1.82, 2.24) is 9.55 Å². The van der Waals surface area contributed by atoms with E-state index in [0.717, 1.165) is 25.7 Å². The van der Waals surface area contributed by atoms with Crippen molar-refractivity contribution >= 4 is 0 Å².